The van der Waals surface area contributed by atoms with E-state index >= 15 is 0 Å². The maximum absolute atomic E-state index is 10.9. The number of nitrogens with one attached hydrogen (secondary N) is 2. The highest BCUT2D eigenvalue weighted by molar-refractivity contribution is 5.78. The van der Waals surface area contributed by atoms with E-state index in [1.54, 1.807) is 6.33 Å². The summed E-state index contributed by atoms with van der Waals surface area (Å²) in [4.78, 5) is 10.9. The molecular weight excluding hydrogens is 182 g/mol. The van der Waals surface area contributed by atoms with E-state index in [1.165, 1.54) is 0 Å². The fourth-order valence-electron chi connectivity index (χ4n) is 1.53. The molecule has 1 aromatic rings. The number of aromatic nitrogens is 3. The molecule has 1 aromatic heterocycles. The number of carbonyl (C=O) groups is 1. The van der Waals surface area contributed by atoms with E-state index in [2.05, 4.69) is 20.8 Å². The van der Waals surface area contributed by atoms with Crippen molar-refractivity contribution in [1.82, 2.24) is 25.4 Å². The molecule has 1 unspecified atom stereocenters. The first-order chi connectivity index (χ1) is 6.81. The predicted octanol–water partition coefficient (Wildman–Crippen LogP) is -0.941. The lowest BCUT2D eigenvalue weighted by atomic mass is 10.2. The van der Waals surface area contributed by atoms with Crippen LogP contribution in [0.5, 0.6) is 0 Å². The Morgan fingerprint density at radius 2 is 2.57 bits per heavy atom. The van der Waals surface area contributed by atoms with Crippen LogP contribution in [0.1, 0.15) is 18.8 Å². The fourth-order valence-corrected chi connectivity index (χ4v) is 1.53. The van der Waals surface area contributed by atoms with Gasteiger partial charge in [-0.3, -0.25) is 10.1 Å². The molecule has 1 fully saturated rings. The molecule has 2 N–H and O–H groups in total. The number of amides is 1. The van der Waals surface area contributed by atoms with Gasteiger partial charge >= 0.3 is 0 Å². The molecule has 14 heavy (non-hydrogen) atoms. The van der Waals surface area contributed by atoms with Gasteiger partial charge in [0.2, 0.25) is 5.91 Å². The van der Waals surface area contributed by atoms with Crippen molar-refractivity contribution < 1.29 is 4.79 Å². The molecule has 1 aliphatic rings. The second kappa shape index (κ2) is 3.75. The summed E-state index contributed by atoms with van der Waals surface area (Å²) in [7, 11) is 0. The van der Waals surface area contributed by atoms with Gasteiger partial charge < -0.3 is 9.88 Å². The van der Waals surface area contributed by atoms with Crippen molar-refractivity contribution in [2.24, 2.45) is 0 Å². The Hall–Kier alpha value is -1.43. The van der Waals surface area contributed by atoms with Crippen LogP contribution >= 0.6 is 0 Å². The predicted molar refractivity (Wildman–Crippen MR) is 49.4 cm³/mol. The van der Waals surface area contributed by atoms with Gasteiger partial charge in [-0.1, -0.05) is 0 Å². The largest absolute Gasteiger partial charge is 0.353 e. The van der Waals surface area contributed by atoms with Crippen LogP contribution in [0.4, 0.5) is 0 Å². The number of rotatable bonds is 2. The first kappa shape index (κ1) is 9.14. The molecule has 6 heteroatoms. The van der Waals surface area contributed by atoms with Crippen LogP contribution in [-0.4, -0.2) is 33.8 Å². The zero-order chi connectivity index (χ0) is 9.97. The van der Waals surface area contributed by atoms with Crippen LogP contribution in [-0.2, 0) is 11.3 Å². The standard InChI is InChI=1S/C8H13N5O/c1-2-13-5-11-12-8(13)6-3-10-7(14)4-9-6/h5-6,9H,2-4H2,1H3,(H,10,14). The molecule has 0 radical (unpaired) electrons. The first-order valence-electron chi connectivity index (χ1n) is 4.69. The molecule has 76 valence electrons. The highest BCUT2D eigenvalue weighted by Gasteiger charge is 2.22. The van der Waals surface area contributed by atoms with Crippen LogP contribution in [0.15, 0.2) is 6.33 Å². The first-order valence-corrected chi connectivity index (χ1v) is 4.69. The van der Waals surface area contributed by atoms with Gasteiger partial charge in [0.05, 0.1) is 12.6 Å². The summed E-state index contributed by atoms with van der Waals surface area (Å²) in [6, 6.07) is 0.0788. The van der Waals surface area contributed by atoms with Gasteiger partial charge in [-0.25, -0.2) is 0 Å². The number of aryl methyl sites for hydroxylation is 1. The molecule has 1 saturated heterocycles. The van der Waals surface area contributed by atoms with Crippen molar-refractivity contribution in [1.29, 1.82) is 0 Å². The molecule has 0 spiro atoms. The van der Waals surface area contributed by atoms with E-state index in [1.807, 2.05) is 11.5 Å². The van der Waals surface area contributed by atoms with Gasteiger partial charge in [-0.2, -0.15) is 0 Å². The van der Waals surface area contributed by atoms with Gasteiger partial charge in [-0.15, -0.1) is 10.2 Å². The lowest BCUT2D eigenvalue weighted by Gasteiger charge is -2.23. The van der Waals surface area contributed by atoms with E-state index < -0.39 is 0 Å². The molecule has 6 nitrogen and oxygen atoms in total. The summed E-state index contributed by atoms with van der Waals surface area (Å²) in [5.74, 6) is 0.913. The maximum atomic E-state index is 10.9. The van der Waals surface area contributed by atoms with Crippen molar-refractivity contribution in [3.05, 3.63) is 12.2 Å². The zero-order valence-corrected chi connectivity index (χ0v) is 8.03. The third-order valence-corrected chi connectivity index (χ3v) is 2.31. The molecule has 0 aromatic carbocycles. The lowest BCUT2D eigenvalue weighted by Crippen LogP contribution is -2.47. The van der Waals surface area contributed by atoms with Crippen molar-refractivity contribution in [2.45, 2.75) is 19.5 Å². The molecule has 1 aliphatic heterocycles. The molecule has 1 atom stereocenters. The van der Waals surface area contributed by atoms with Gasteiger partial charge in [0.25, 0.3) is 0 Å². The van der Waals surface area contributed by atoms with Crippen molar-refractivity contribution >= 4 is 5.91 Å². The normalized spacial score (nSPS) is 22.1. The Morgan fingerprint density at radius 3 is 3.21 bits per heavy atom. The van der Waals surface area contributed by atoms with Crippen LogP contribution in [0.3, 0.4) is 0 Å². The zero-order valence-electron chi connectivity index (χ0n) is 8.03. The third-order valence-electron chi connectivity index (χ3n) is 2.31. The van der Waals surface area contributed by atoms with E-state index in [9.17, 15) is 4.79 Å². The second-order valence-corrected chi connectivity index (χ2v) is 3.21. The van der Waals surface area contributed by atoms with Gasteiger partial charge in [0.15, 0.2) is 5.82 Å². The topological polar surface area (TPSA) is 71.8 Å². The SMILES string of the molecule is CCn1cnnc1C1CNC(=O)CN1. The minimum absolute atomic E-state index is 0.0313. The summed E-state index contributed by atoms with van der Waals surface area (Å²) in [5, 5.41) is 13.8. The summed E-state index contributed by atoms with van der Waals surface area (Å²) < 4.78 is 1.97. The van der Waals surface area contributed by atoms with E-state index in [0.717, 1.165) is 12.4 Å². The number of hydrogen-bond acceptors (Lipinski definition) is 4. The van der Waals surface area contributed by atoms with E-state index in [0.29, 0.717) is 13.1 Å². The van der Waals surface area contributed by atoms with Crippen molar-refractivity contribution in [3.63, 3.8) is 0 Å². The Bertz CT molecular complexity index is 324. The summed E-state index contributed by atoms with van der Waals surface area (Å²) in [5.41, 5.74) is 0. The van der Waals surface area contributed by atoms with Crippen LogP contribution < -0.4 is 10.6 Å². The minimum Gasteiger partial charge on any atom is -0.353 e. The van der Waals surface area contributed by atoms with Crippen molar-refractivity contribution in [3.8, 4) is 0 Å². The van der Waals surface area contributed by atoms with Gasteiger partial charge in [0, 0.05) is 13.1 Å². The molecule has 0 aliphatic carbocycles. The Balaban J connectivity index is 2.11. The third kappa shape index (κ3) is 1.60. The summed E-state index contributed by atoms with van der Waals surface area (Å²) in [6.07, 6.45) is 1.70. The Kier molecular flexibility index (Phi) is 2.45. The molecule has 2 heterocycles. The lowest BCUT2D eigenvalue weighted by molar-refractivity contribution is -0.121. The van der Waals surface area contributed by atoms with Crippen LogP contribution in [0.2, 0.25) is 0 Å². The molecular formula is C8H13N5O. The van der Waals surface area contributed by atoms with Crippen LogP contribution in [0.25, 0.3) is 0 Å². The summed E-state index contributed by atoms with van der Waals surface area (Å²) >= 11 is 0. The molecule has 0 saturated carbocycles. The second-order valence-electron chi connectivity index (χ2n) is 3.21. The minimum atomic E-state index is 0.0313. The summed E-state index contributed by atoms with van der Waals surface area (Å²) in [6.45, 7) is 3.81. The van der Waals surface area contributed by atoms with Crippen LogP contribution in [0, 0.1) is 0 Å². The Labute approximate surface area is 81.7 Å². The van der Waals surface area contributed by atoms with Crippen molar-refractivity contribution in [2.75, 3.05) is 13.1 Å². The number of nitrogens with zero attached hydrogens (tertiary/aromatic N) is 3. The number of piperazine rings is 1. The Morgan fingerprint density at radius 1 is 1.71 bits per heavy atom. The number of carbonyl (C=O) groups excluding carboxylic acids is 1. The smallest absolute Gasteiger partial charge is 0.234 e. The van der Waals surface area contributed by atoms with Gasteiger partial charge in [0.1, 0.15) is 6.33 Å². The number of hydrogen-bond donors (Lipinski definition) is 2. The average molecular weight is 195 g/mol. The average Bonchev–Trinajstić information content (AvgIpc) is 2.67. The van der Waals surface area contributed by atoms with E-state index in [-0.39, 0.29) is 11.9 Å². The monoisotopic (exact) mass is 195 g/mol. The molecule has 2 rings (SSSR count). The maximum Gasteiger partial charge on any atom is 0.234 e. The van der Waals surface area contributed by atoms with E-state index in [4.69, 9.17) is 0 Å². The quantitative estimate of drug-likeness (QED) is 0.638. The molecule has 1 amide bonds. The fraction of sp³-hybridized carbons (Fsp3) is 0.625. The highest BCUT2D eigenvalue weighted by Crippen LogP contribution is 2.10. The highest BCUT2D eigenvalue weighted by atomic mass is 16.2. The molecule has 0 bridgehead atoms. The van der Waals surface area contributed by atoms with Gasteiger partial charge in [-0.05, 0) is 6.92 Å².